The molecule has 3 unspecified atom stereocenters. The van der Waals surface area contributed by atoms with Gasteiger partial charge in [0.1, 0.15) is 18.0 Å². The highest BCUT2D eigenvalue weighted by atomic mass is 19.1. The van der Waals surface area contributed by atoms with E-state index in [1.165, 1.54) is 19.2 Å². The van der Waals surface area contributed by atoms with Gasteiger partial charge in [0.15, 0.2) is 6.29 Å². The van der Waals surface area contributed by atoms with E-state index in [1.807, 2.05) is 16.8 Å². The SMILES string of the molecule is CCN1N=C(c2ccc(F)cc2)CN2C3C(=O)N(C)C(=O)N(C)C3NC12. The Morgan fingerprint density at radius 1 is 1.23 bits per heavy atom. The molecule has 1 aromatic carbocycles. The number of hydrogen-bond acceptors (Lipinski definition) is 6. The summed E-state index contributed by atoms with van der Waals surface area (Å²) < 4.78 is 13.2. The lowest BCUT2D eigenvalue weighted by molar-refractivity contribution is -0.137. The number of nitrogens with one attached hydrogen (secondary N) is 1. The van der Waals surface area contributed by atoms with Crippen molar-refractivity contribution in [1.29, 1.82) is 0 Å². The van der Waals surface area contributed by atoms with Crippen LogP contribution in [-0.4, -0.2) is 83.0 Å². The Morgan fingerprint density at radius 3 is 2.58 bits per heavy atom. The second-order valence-electron chi connectivity index (χ2n) is 6.70. The first-order chi connectivity index (χ1) is 12.4. The Hall–Kier alpha value is -2.52. The number of halogens is 1. The highest BCUT2D eigenvalue weighted by Crippen LogP contribution is 2.30. The Labute approximate surface area is 150 Å². The van der Waals surface area contributed by atoms with Crippen molar-refractivity contribution in [3.8, 4) is 0 Å². The molecule has 2 fully saturated rings. The molecule has 0 aromatic heterocycles. The minimum Gasteiger partial charge on any atom is -0.310 e. The number of fused-ring (bicyclic) bond motifs is 3. The molecule has 138 valence electrons. The van der Waals surface area contributed by atoms with Crippen molar-refractivity contribution >= 4 is 17.6 Å². The molecular formula is C17H21FN6O2. The molecule has 0 saturated carbocycles. The lowest BCUT2D eigenvalue weighted by atomic mass is 10.1. The molecule has 8 nitrogen and oxygen atoms in total. The summed E-state index contributed by atoms with van der Waals surface area (Å²) in [5.74, 6) is -0.535. The average Bonchev–Trinajstić information content (AvgIpc) is 3.04. The standard InChI is InChI=1S/C17H21FN6O2/c1-4-24-16-19-14-13(15(25)22(3)17(26)21(14)2)23(16)9-12(20-24)10-5-7-11(18)8-6-10/h5-8,13-14,16,19H,4,9H2,1-3H3. The molecule has 3 aliphatic rings. The summed E-state index contributed by atoms with van der Waals surface area (Å²) in [6.45, 7) is 3.03. The number of nitrogens with zero attached hydrogens (tertiary/aromatic N) is 5. The van der Waals surface area contributed by atoms with E-state index in [0.29, 0.717) is 13.1 Å². The summed E-state index contributed by atoms with van der Waals surface area (Å²) in [7, 11) is 3.19. The van der Waals surface area contributed by atoms with E-state index >= 15 is 0 Å². The normalized spacial score (nSPS) is 29.0. The van der Waals surface area contributed by atoms with Gasteiger partial charge < -0.3 is 4.90 Å². The zero-order valence-electron chi connectivity index (χ0n) is 14.9. The number of hydrazone groups is 1. The van der Waals surface area contributed by atoms with Crippen molar-refractivity contribution in [3.63, 3.8) is 0 Å². The number of carbonyl (C=O) groups excluding carboxylic acids is 2. The van der Waals surface area contributed by atoms with Gasteiger partial charge >= 0.3 is 6.03 Å². The maximum absolute atomic E-state index is 13.2. The Balaban J connectivity index is 1.70. The number of amides is 3. The van der Waals surface area contributed by atoms with Crippen LogP contribution in [-0.2, 0) is 4.79 Å². The quantitative estimate of drug-likeness (QED) is 0.820. The van der Waals surface area contributed by atoms with Gasteiger partial charge in [-0.3, -0.25) is 20.0 Å². The molecule has 0 radical (unpaired) electrons. The molecule has 1 N–H and O–H groups in total. The minimum atomic E-state index is -0.493. The molecule has 0 spiro atoms. The number of carbonyl (C=O) groups is 2. The van der Waals surface area contributed by atoms with Gasteiger partial charge in [0.05, 0.1) is 5.71 Å². The van der Waals surface area contributed by atoms with Gasteiger partial charge in [-0.1, -0.05) is 12.1 Å². The molecule has 0 aliphatic carbocycles. The van der Waals surface area contributed by atoms with Crippen molar-refractivity contribution in [1.82, 2.24) is 25.0 Å². The van der Waals surface area contributed by atoms with E-state index in [9.17, 15) is 14.0 Å². The second-order valence-corrected chi connectivity index (χ2v) is 6.70. The fraction of sp³-hybridized carbons (Fsp3) is 0.471. The number of urea groups is 1. The monoisotopic (exact) mass is 360 g/mol. The summed E-state index contributed by atoms with van der Waals surface area (Å²) in [6, 6.07) is 5.36. The van der Waals surface area contributed by atoms with Crippen molar-refractivity contribution in [2.45, 2.75) is 25.4 Å². The molecule has 26 heavy (non-hydrogen) atoms. The van der Waals surface area contributed by atoms with Crippen molar-refractivity contribution in [3.05, 3.63) is 35.6 Å². The maximum atomic E-state index is 13.2. The molecule has 3 aliphatic heterocycles. The molecular weight excluding hydrogens is 339 g/mol. The van der Waals surface area contributed by atoms with Crippen molar-refractivity contribution in [2.75, 3.05) is 27.2 Å². The van der Waals surface area contributed by atoms with Crippen LogP contribution in [0, 0.1) is 5.82 Å². The first-order valence-corrected chi connectivity index (χ1v) is 8.58. The van der Waals surface area contributed by atoms with Gasteiger partial charge in [-0.25, -0.2) is 14.1 Å². The fourth-order valence-electron chi connectivity index (χ4n) is 3.81. The van der Waals surface area contributed by atoms with Gasteiger partial charge in [0, 0.05) is 27.2 Å². The van der Waals surface area contributed by atoms with Crippen LogP contribution in [0.25, 0.3) is 0 Å². The Morgan fingerprint density at radius 2 is 1.92 bits per heavy atom. The molecule has 3 atom stereocenters. The van der Waals surface area contributed by atoms with Gasteiger partial charge in [-0.15, -0.1) is 0 Å². The highest BCUT2D eigenvalue weighted by Gasteiger charge is 2.55. The third kappa shape index (κ3) is 2.38. The number of likely N-dealkylation sites (N-methyl/N-ethyl adjacent to an activating group) is 2. The van der Waals surface area contributed by atoms with Gasteiger partial charge in [-0.2, -0.15) is 5.10 Å². The summed E-state index contributed by atoms with van der Waals surface area (Å²) in [4.78, 5) is 29.8. The first kappa shape index (κ1) is 16.9. The van der Waals surface area contributed by atoms with E-state index in [4.69, 9.17) is 0 Å². The number of imide groups is 1. The Bertz CT molecular complexity index is 782. The molecule has 3 heterocycles. The smallest absolute Gasteiger partial charge is 0.310 e. The van der Waals surface area contributed by atoms with E-state index in [0.717, 1.165) is 16.2 Å². The van der Waals surface area contributed by atoms with Crippen LogP contribution in [0.5, 0.6) is 0 Å². The minimum absolute atomic E-state index is 0.232. The number of benzene rings is 1. The van der Waals surface area contributed by atoms with Gasteiger partial charge in [0.2, 0.25) is 0 Å². The second kappa shape index (κ2) is 6.03. The summed E-state index contributed by atoms with van der Waals surface area (Å²) in [6.07, 6.45) is -0.682. The van der Waals surface area contributed by atoms with Crippen LogP contribution in [0.3, 0.4) is 0 Å². The van der Waals surface area contributed by atoms with Crippen LogP contribution < -0.4 is 5.32 Å². The third-order valence-electron chi connectivity index (χ3n) is 5.25. The highest BCUT2D eigenvalue weighted by molar-refractivity contribution is 6.04. The van der Waals surface area contributed by atoms with Crippen molar-refractivity contribution in [2.24, 2.45) is 5.10 Å². The molecule has 2 saturated heterocycles. The van der Waals surface area contributed by atoms with Crippen LogP contribution in [0.2, 0.25) is 0 Å². The lowest BCUT2D eigenvalue weighted by Crippen LogP contribution is -2.65. The molecule has 4 rings (SSSR count). The van der Waals surface area contributed by atoms with Crippen LogP contribution in [0.15, 0.2) is 29.4 Å². The van der Waals surface area contributed by atoms with E-state index in [-0.39, 0.29) is 24.0 Å². The Kier molecular flexibility index (Phi) is 3.92. The lowest BCUT2D eigenvalue weighted by Gasteiger charge is -2.41. The van der Waals surface area contributed by atoms with Crippen LogP contribution >= 0.6 is 0 Å². The predicted octanol–water partition coefficient (Wildman–Crippen LogP) is 0.273. The van der Waals surface area contributed by atoms with Gasteiger partial charge in [-0.05, 0) is 24.6 Å². The predicted molar refractivity (Wildman–Crippen MR) is 92.5 cm³/mol. The van der Waals surface area contributed by atoms with Crippen molar-refractivity contribution < 1.29 is 14.0 Å². The van der Waals surface area contributed by atoms with E-state index in [1.54, 1.807) is 24.1 Å². The average molecular weight is 360 g/mol. The van der Waals surface area contributed by atoms with E-state index < -0.39 is 12.2 Å². The van der Waals surface area contributed by atoms with Crippen LogP contribution in [0.4, 0.5) is 9.18 Å². The van der Waals surface area contributed by atoms with Gasteiger partial charge in [0.25, 0.3) is 5.91 Å². The zero-order chi connectivity index (χ0) is 18.6. The molecule has 9 heteroatoms. The zero-order valence-corrected chi connectivity index (χ0v) is 14.9. The largest absolute Gasteiger partial charge is 0.327 e. The summed E-state index contributed by atoms with van der Waals surface area (Å²) in [5.41, 5.74) is 1.58. The molecule has 3 amide bonds. The first-order valence-electron chi connectivity index (χ1n) is 8.58. The van der Waals surface area contributed by atoms with Crippen LogP contribution in [0.1, 0.15) is 12.5 Å². The number of hydrogen-bond donors (Lipinski definition) is 1. The molecule has 0 bridgehead atoms. The molecule has 1 aromatic rings. The van der Waals surface area contributed by atoms with E-state index in [2.05, 4.69) is 10.4 Å². The topological polar surface area (TPSA) is 71.5 Å². The maximum Gasteiger partial charge on any atom is 0.327 e. The number of rotatable bonds is 2. The third-order valence-corrected chi connectivity index (χ3v) is 5.25. The summed E-state index contributed by atoms with van der Waals surface area (Å²) in [5, 5.41) is 9.89. The summed E-state index contributed by atoms with van der Waals surface area (Å²) >= 11 is 0. The fourth-order valence-corrected chi connectivity index (χ4v) is 3.81.